The van der Waals surface area contributed by atoms with Gasteiger partial charge in [0.25, 0.3) is 0 Å². The average molecular weight is 342 g/mol. The molecule has 2 N–H and O–H groups in total. The molecule has 110 valence electrons. The van der Waals surface area contributed by atoms with Gasteiger partial charge in [-0.3, -0.25) is 4.79 Å². The first-order valence-corrected chi connectivity index (χ1v) is 7.66. The summed E-state index contributed by atoms with van der Waals surface area (Å²) in [5, 5.41) is 11.7. The van der Waals surface area contributed by atoms with Gasteiger partial charge in [-0.25, -0.2) is 4.79 Å². The smallest absolute Gasteiger partial charge is 0.337 e. The maximum Gasteiger partial charge on any atom is 0.337 e. The number of hydrogen-bond donors (Lipinski definition) is 2. The molecule has 4 nitrogen and oxygen atoms in total. The van der Waals surface area contributed by atoms with E-state index in [9.17, 15) is 9.59 Å². The number of aromatic carboxylic acids is 1. The molecular weight excluding hydrogens is 322 g/mol. The van der Waals surface area contributed by atoms with E-state index in [1.165, 1.54) is 18.9 Å². The third-order valence-electron chi connectivity index (χ3n) is 2.99. The van der Waals surface area contributed by atoms with Crippen LogP contribution in [0.4, 0.5) is 5.69 Å². The molecule has 0 aromatic heterocycles. The minimum atomic E-state index is -1.05. The standard InChI is InChI=1S/C15H20BrNO3/c1-2-3-4-5-6-7-14(18)17-13-10-11(16)8-9-12(13)15(19)20/h8-10H,2-7H2,1H3,(H,17,18)(H,19,20). The van der Waals surface area contributed by atoms with Crippen molar-refractivity contribution >= 4 is 33.5 Å². The maximum atomic E-state index is 11.8. The van der Waals surface area contributed by atoms with Gasteiger partial charge in [0.1, 0.15) is 0 Å². The van der Waals surface area contributed by atoms with Crippen molar-refractivity contribution in [1.29, 1.82) is 0 Å². The Balaban J connectivity index is 2.53. The van der Waals surface area contributed by atoms with E-state index in [0.717, 1.165) is 23.7 Å². The van der Waals surface area contributed by atoms with E-state index in [0.29, 0.717) is 12.1 Å². The zero-order valence-corrected chi connectivity index (χ0v) is 13.2. The molecule has 0 heterocycles. The highest BCUT2D eigenvalue weighted by molar-refractivity contribution is 9.10. The van der Waals surface area contributed by atoms with Crippen LogP contribution in [-0.4, -0.2) is 17.0 Å². The lowest BCUT2D eigenvalue weighted by Crippen LogP contribution is -2.14. The highest BCUT2D eigenvalue weighted by atomic mass is 79.9. The third-order valence-corrected chi connectivity index (χ3v) is 3.49. The molecule has 1 aromatic rings. The van der Waals surface area contributed by atoms with Crippen molar-refractivity contribution in [3.63, 3.8) is 0 Å². The Kier molecular flexibility index (Phi) is 7.30. The number of rotatable bonds is 8. The monoisotopic (exact) mass is 341 g/mol. The molecule has 0 aliphatic rings. The molecule has 0 aliphatic carbocycles. The van der Waals surface area contributed by atoms with Crippen molar-refractivity contribution in [2.45, 2.75) is 45.4 Å². The highest BCUT2D eigenvalue weighted by Crippen LogP contribution is 2.22. The number of nitrogens with one attached hydrogen (secondary N) is 1. The van der Waals surface area contributed by atoms with Gasteiger partial charge in [-0.15, -0.1) is 0 Å². The van der Waals surface area contributed by atoms with Crippen molar-refractivity contribution in [2.75, 3.05) is 5.32 Å². The van der Waals surface area contributed by atoms with Gasteiger partial charge >= 0.3 is 5.97 Å². The largest absolute Gasteiger partial charge is 0.478 e. The summed E-state index contributed by atoms with van der Waals surface area (Å²) in [4.78, 5) is 22.9. The second kappa shape index (κ2) is 8.74. The van der Waals surface area contributed by atoms with Gasteiger partial charge in [0.05, 0.1) is 11.3 Å². The number of benzene rings is 1. The van der Waals surface area contributed by atoms with Crippen LogP contribution in [0.15, 0.2) is 22.7 Å². The molecule has 20 heavy (non-hydrogen) atoms. The number of carboxylic acid groups (broad SMARTS) is 1. The first-order valence-electron chi connectivity index (χ1n) is 6.87. The van der Waals surface area contributed by atoms with Crippen LogP contribution in [-0.2, 0) is 4.79 Å². The van der Waals surface area contributed by atoms with Crippen molar-refractivity contribution in [3.8, 4) is 0 Å². The normalized spacial score (nSPS) is 10.3. The number of carbonyl (C=O) groups is 2. The molecule has 1 rings (SSSR count). The summed E-state index contributed by atoms with van der Waals surface area (Å²) >= 11 is 3.27. The van der Waals surface area contributed by atoms with Crippen LogP contribution < -0.4 is 5.32 Å². The zero-order chi connectivity index (χ0) is 15.0. The van der Waals surface area contributed by atoms with E-state index in [-0.39, 0.29) is 11.5 Å². The quantitative estimate of drug-likeness (QED) is 0.686. The van der Waals surface area contributed by atoms with Gasteiger partial charge in [-0.1, -0.05) is 48.5 Å². The first-order chi connectivity index (χ1) is 9.54. The van der Waals surface area contributed by atoms with Crippen LogP contribution >= 0.6 is 15.9 Å². The van der Waals surface area contributed by atoms with Crippen LogP contribution in [0.2, 0.25) is 0 Å². The lowest BCUT2D eigenvalue weighted by Gasteiger charge is -2.09. The summed E-state index contributed by atoms with van der Waals surface area (Å²) in [7, 11) is 0. The minimum absolute atomic E-state index is 0.104. The lowest BCUT2D eigenvalue weighted by atomic mass is 10.1. The zero-order valence-electron chi connectivity index (χ0n) is 11.6. The van der Waals surface area contributed by atoms with Gasteiger partial charge in [-0.05, 0) is 24.6 Å². The fraction of sp³-hybridized carbons (Fsp3) is 0.467. The highest BCUT2D eigenvalue weighted by Gasteiger charge is 2.12. The Morgan fingerprint density at radius 3 is 2.55 bits per heavy atom. The number of carbonyl (C=O) groups excluding carboxylic acids is 1. The molecular formula is C15H20BrNO3. The molecule has 0 saturated heterocycles. The number of carboxylic acids is 1. The van der Waals surface area contributed by atoms with Crippen LogP contribution in [0.5, 0.6) is 0 Å². The Hall–Kier alpha value is -1.36. The van der Waals surface area contributed by atoms with E-state index in [4.69, 9.17) is 5.11 Å². The van der Waals surface area contributed by atoms with Crippen LogP contribution in [0, 0.1) is 0 Å². The van der Waals surface area contributed by atoms with Gasteiger partial charge in [-0.2, -0.15) is 0 Å². The molecule has 1 aromatic carbocycles. The SMILES string of the molecule is CCCCCCCC(=O)Nc1cc(Br)ccc1C(=O)O. The molecule has 0 aliphatic heterocycles. The van der Waals surface area contributed by atoms with E-state index in [1.54, 1.807) is 12.1 Å². The number of halogens is 1. The van der Waals surface area contributed by atoms with Crippen molar-refractivity contribution in [1.82, 2.24) is 0 Å². The number of amides is 1. The minimum Gasteiger partial charge on any atom is -0.478 e. The predicted octanol–water partition coefficient (Wildman–Crippen LogP) is 4.45. The third kappa shape index (κ3) is 5.74. The summed E-state index contributed by atoms with van der Waals surface area (Å²) in [6.45, 7) is 2.15. The Bertz CT molecular complexity index is 474. The number of unbranched alkanes of at least 4 members (excludes halogenated alkanes) is 4. The Morgan fingerprint density at radius 2 is 1.90 bits per heavy atom. The molecule has 1 amide bonds. The van der Waals surface area contributed by atoms with Gasteiger partial charge in [0.15, 0.2) is 0 Å². The van der Waals surface area contributed by atoms with E-state index in [2.05, 4.69) is 28.2 Å². The molecule has 0 radical (unpaired) electrons. The average Bonchev–Trinajstić information content (AvgIpc) is 2.38. The summed E-state index contributed by atoms with van der Waals surface area (Å²) in [5.74, 6) is -1.18. The molecule has 0 spiro atoms. The first kappa shape index (κ1) is 16.7. The number of anilines is 1. The topological polar surface area (TPSA) is 66.4 Å². The van der Waals surface area contributed by atoms with Crippen molar-refractivity contribution in [2.24, 2.45) is 0 Å². The Morgan fingerprint density at radius 1 is 1.20 bits per heavy atom. The van der Waals surface area contributed by atoms with Gasteiger partial charge < -0.3 is 10.4 Å². The molecule has 0 bridgehead atoms. The van der Waals surface area contributed by atoms with Crippen LogP contribution in [0.3, 0.4) is 0 Å². The molecule has 0 unspecified atom stereocenters. The number of hydrogen-bond acceptors (Lipinski definition) is 2. The molecule has 0 atom stereocenters. The summed E-state index contributed by atoms with van der Waals surface area (Å²) < 4.78 is 0.737. The fourth-order valence-electron chi connectivity index (χ4n) is 1.91. The Labute approximate surface area is 127 Å². The molecule has 0 saturated carbocycles. The summed E-state index contributed by atoms with van der Waals surface area (Å²) in [6, 6.07) is 4.73. The van der Waals surface area contributed by atoms with Crippen molar-refractivity contribution < 1.29 is 14.7 Å². The van der Waals surface area contributed by atoms with Crippen LogP contribution in [0.1, 0.15) is 55.8 Å². The van der Waals surface area contributed by atoms with Gasteiger partial charge in [0, 0.05) is 10.9 Å². The lowest BCUT2D eigenvalue weighted by molar-refractivity contribution is -0.116. The van der Waals surface area contributed by atoms with E-state index >= 15 is 0 Å². The van der Waals surface area contributed by atoms with Gasteiger partial charge in [0.2, 0.25) is 5.91 Å². The predicted molar refractivity (Wildman–Crippen MR) is 83.1 cm³/mol. The van der Waals surface area contributed by atoms with Crippen LogP contribution in [0.25, 0.3) is 0 Å². The van der Waals surface area contributed by atoms with E-state index in [1.807, 2.05) is 0 Å². The second-order valence-corrected chi connectivity index (χ2v) is 5.62. The second-order valence-electron chi connectivity index (χ2n) is 4.71. The molecule has 0 fully saturated rings. The van der Waals surface area contributed by atoms with E-state index < -0.39 is 5.97 Å². The van der Waals surface area contributed by atoms with Crippen molar-refractivity contribution in [3.05, 3.63) is 28.2 Å². The summed E-state index contributed by atoms with van der Waals surface area (Å²) in [5.41, 5.74) is 0.443. The fourth-order valence-corrected chi connectivity index (χ4v) is 2.27. The maximum absolute atomic E-state index is 11.8. The summed E-state index contributed by atoms with van der Waals surface area (Å²) in [6.07, 6.45) is 5.80. The molecule has 5 heteroatoms.